The highest BCUT2D eigenvalue weighted by Gasteiger charge is 2.33. The fourth-order valence-corrected chi connectivity index (χ4v) is 3.45. The molecule has 1 aliphatic heterocycles. The number of rotatable bonds is 2. The first-order valence-corrected chi connectivity index (χ1v) is 9.44. The molecule has 1 aliphatic rings. The Morgan fingerprint density at radius 3 is 2.67 bits per heavy atom. The second-order valence-corrected chi connectivity index (χ2v) is 8.04. The third-order valence-corrected chi connectivity index (χ3v) is 5.02. The van der Waals surface area contributed by atoms with Crippen LogP contribution in [-0.2, 0) is 16.4 Å². The average molecular weight is 415 g/mol. The molecule has 2 aromatic rings. The van der Waals surface area contributed by atoms with Gasteiger partial charge in [-0.05, 0) is 28.1 Å². The number of sulfone groups is 1. The minimum atomic E-state index is -3.60. The van der Waals surface area contributed by atoms with Crippen molar-refractivity contribution in [3.05, 3.63) is 40.2 Å². The van der Waals surface area contributed by atoms with Crippen molar-refractivity contribution in [3.63, 3.8) is 0 Å². The molecule has 0 spiro atoms. The van der Waals surface area contributed by atoms with Gasteiger partial charge in [-0.1, -0.05) is 6.07 Å². The molecule has 0 aliphatic carbocycles. The summed E-state index contributed by atoms with van der Waals surface area (Å²) < 4.78 is 37.8. The summed E-state index contributed by atoms with van der Waals surface area (Å²) in [5, 5.41) is -0.360. The highest BCUT2D eigenvalue weighted by Crippen LogP contribution is 2.35. The molecule has 2 amide bonds. The number of fused-ring (bicyclic) bond motifs is 1. The van der Waals surface area contributed by atoms with Gasteiger partial charge >= 0.3 is 6.03 Å². The van der Waals surface area contributed by atoms with Crippen molar-refractivity contribution in [1.82, 2.24) is 9.97 Å². The van der Waals surface area contributed by atoms with Gasteiger partial charge in [0, 0.05) is 29.5 Å². The van der Waals surface area contributed by atoms with Gasteiger partial charge < -0.3 is 0 Å². The minimum absolute atomic E-state index is 0.0298. The number of para-hydroxylation sites is 1. The molecule has 10 heteroatoms. The van der Waals surface area contributed by atoms with E-state index in [1.165, 1.54) is 35.2 Å². The normalized spacial score (nSPS) is 14.8. The lowest BCUT2D eigenvalue weighted by Crippen LogP contribution is -2.46. The minimum Gasteiger partial charge on any atom is -0.285 e. The quantitative estimate of drug-likeness (QED) is 0.704. The second kappa shape index (κ2) is 5.78. The van der Waals surface area contributed by atoms with Crippen LogP contribution in [-0.4, -0.2) is 37.7 Å². The van der Waals surface area contributed by atoms with Gasteiger partial charge in [-0.2, -0.15) is 0 Å². The van der Waals surface area contributed by atoms with E-state index in [4.69, 9.17) is 0 Å². The van der Waals surface area contributed by atoms with Crippen molar-refractivity contribution >= 4 is 43.3 Å². The Balaban J connectivity index is 2.11. The van der Waals surface area contributed by atoms with E-state index in [-0.39, 0.29) is 23.2 Å². The first-order chi connectivity index (χ1) is 11.2. The van der Waals surface area contributed by atoms with E-state index in [9.17, 15) is 17.6 Å². The third-order valence-electron chi connectivity index (χ3n) is 3.52. The molecule has 0 radical (unpaired) electrons. The van der Waals surface area contributed by atoms with E-state index in [1.54, 1.807) is 6.07 Å². The van der Waals surface area contributed by atoms with Gasteiger partial charge in [0.25, 0.3) is 0 Å². The maximum absolute atomic E-state index is 14.2. The van der Waals surface area contributed by atoms with Crippen LogP contribution >= 0.6 is 15.9 Å². The smallest absolute Gasteiger partial charge is 0.285 e. The molecule has 126 valence electrons. The molecule has 0 N–H and O–H groups in total. The first kappa shape index (κ1) is 16.8. The monoisotopic (exact) mass is 414 g/mol. The van der Waals surface area contributed by atoms with Crippen LogP contribution in [0.25, 0.3) is 0 Å². The Labute approximate surface area is 146 Å². The fraction of sp³-hybridized carbons (Fsp3) is 0.214. The van der Waals surface area contributed by atoms with Gasteiger partial charge in [-0.25, -0.2) is 27.6 Å². The Morgan fingerprint density at radius 1 is 1.33 bits per heavy atom. The molecule has 24 heavy (non-hydrogen) atoms. The number of carbonyl (C=O) groups is 1. The summed E-state index contributed by atoms with van der Waals surface area (Å²) in [4.78, 5) is 22.8. The van der Waals surface area contributed by atoms with Crippen LogP contribution < -0.4 is 9.80 Å². The van der Waals surface area contributed by atoms with Crippen LogP contribution in [0.1, 0.15) is 5.56 Å². The molecule has 0 unspecified atom stereocenters. The zero-order valence-corrected chi connectivity index (χ0v) is 15.1. The summed E-state index contributed by atoms with van der Waals surface area (Å²) in [6, 6.07) is 3.89. The number of nitrogens with zero attached hydrogens (tertiary/aromatic N) is 4. The zero-order valence-electron chi connectivity index (χ0n) is 12.7. The van der Waals surface area contributed by atoms with Gasteiger partial charge in [0.1, 0.15) is 11.6 Å². The number of aromatic nitrogens is 2. The van der Waals surface area contributed by atoms with E-state index < -0.39 is 21.7 Å². The maximum Gasteiger partial charge on any atom is 0.330 e. The molecule has 7 nitrogen and oxygen atoms in total. The molecule has 0 fully saturated rings. The molecular formula is C14H12BrFN4O3S. The van der Waals surface area contributed by atoms with Crippen LogP contribution in [0.4, 0.5) is 20.7 Å². The molecular weight excluding hydrogens is 403 g/mol. The number of halogens is 2. The Bertz CT molecular complexity index is 931. The Hall–Kier alpha value is -2.07. The summed E-state index contributed by atoms with van der Waals surface area (Å²) >= 11 is 3.24. The van der Waals surface area contributed by atoms with Crippen LogP contribution in [0.15, 0.2) is 34.0 Å². The zero-order chi connectivity index (χ0) is 17.6. The lowest BCUT2D eigenvalue weighted by molar-refractivity contribution is 0.250. The number of amides is 2. The Kier molecular flexibility index (Phi) is 4.04. The van der Waals surface area contributed by atoms with Crippen molar-refractivity contribution in [3.8, 4) is 0 Å². The van der Waals surface area contributed by atoms with E-state index >= 15 is 0 Å². The molecule has 0 saturated heterocycles. The van der Waals surface area contributed by atoms with Gasteiger partial charge in [0.2, 0.25) is 15.0 Å². The van der Waals surface area contributed by atoms with Crippen molar-refractivity contribution in [1.29, 1.82) is 0 Å². The van der Waals surface area contributed by atoms with Crippen molar-refractivity contribution < 1.29 is 17.6 Å². The van der Waals surface area contributed by atoms with E-state index in [0.29, 0.717) is 10.0 Å². The summed E-state index contributed by atoms with van der Waals surface area (Å²) in [6.07, 6.45) is 2.32. The first-order valence-electron chi connectivity index (χ1n) is 6.75. The van der Waals surface area contributed by atoms with E-state index in [1.807, 2.05) is 0 Å². The lowest BCUT2D eigenvalue weighted by Gasteiger charge is -2.34. The highest BCUT2D eigenvalue weighted by molar-refractivity contribution is 9.10. The number of hydrogen-bond donors (Lipinski definition) is 0. The number of hydrogen-bond acceptors (Lipinski definition) is 5. The average Bonchev–Trinajstić information content (AvgIpc) is 2.50. The van der Waals surface area contributed by atoms with Crippen LogP contribution in [0.2, 0.25) is 0 Å². The SMILES string of the molecule is CN1C(=O)N(c2c(F)cccc2Br)Cc2cnc(S(C)(=O)=O)nc21. The highest BCUT2D eigenvalue weighted by atomic mass is 79.9. The van der Waals surface area contributed by atoms with Crippen LogP contribution in [0, 0.1) is 5.82 Å². The molecule has 1 aromatic heterocycles. The molecule has 3 rings (SSSR count). The number of urea groups is 1. The summed E-state index contributed by atoms with van der Waals surface area (Å²) in [7, 11) is -2.15. The standard InChI is InChI=1S/C14H12BrFN4O3S/c1-19-12-8(6-17-13(18-12)24(2,22)23)7-20(14(19)21)11-9(15)4-3-5-10(11)16/h3-6H,7H2,1-2H3. The van der Waals surface area contributed by atoms with Gasteiger partial charge in [0.05, 0.1) is 12.2 Å². The lowest BCUT2D eigenvalue weighted by atomic mass is 10.2. The van der Waals surface area contributed by atoms with Gasteiger partial charge in [-0.3, -0.25) is 9.80 Å². The van der Waals surface area contributed by atoms with Gasteiger partial charge in [0.15, 0.2) is 0 Å². The fourth-order valence-electron chi connectivity index (χ4n) is 2.39. The predicted octanol–water partition coefficient (Wildman–Crippen LogP) is 2.36. The summed E-state index contributed by atoms with van der Waals surface area (Å²) in [6.45, 7) is 0.0298. The van der Waals surface area contributed by atoms with E-state index in [2.05, 4.69) is 25.9 Å². The molecule has 1 aromatic carbocycles. The molecule has 0 atom stereocenters. The number of carbonyl (C=O) groups excluding carboxylic acids is 1. The van der Waals surface area contributed by atoms with Crippen molar-refractivity contribution in [2.24, 2.45) is 0 Å². The second-order valence-electron chi connectivity index (χ2n) is 5.27. The van der Waals surface area contributed by atoms with Crippen molar-refractivity contribution in [2.75, 3.05) is 23.1 Å². The van der Waals surface area contributed by atoms with E-state index in [0.717, 1.165) is 6.26 Å². The molecule has 2 heterocycles. The largest absolute Gasteiger partial charge is 0.330 e. The maximum atomic E-state index is 14.2. The topological polar surface area (TPSA) is 83.5 Å². The van der Waals surface area contributed by atoms with Crippen LogP contribution in [0.5, 0.6) is 0 Å². The Morgan fingerprint density at radius 2 is 2.04 bits per heavy atom. The predicted molar refractivity (Wildman–Crippen MR) is 89.2 cm³/mol. The van der Waals surface area contributed by atoms with Crippen molar-refractivity contribution in [2.45, 2.75) is 11.7 Å². The third kappa shape index (κ3) is 2.75. The summed E-state index contributed by atoms with van der Waals surface area (Å²) in [5.74, 6) is -0.359. The number of benzene rings is 1. The molecule has 0 saturated carbocycles. The summed E-state index contributed by atoms with van der Waals surface area (Å²) in [5.41, 5.74) is 0.617. The van der Waals surface area contributed by atoms with Gasteiger partial charge in [-0.15, -0.1) is 0 Å². The number of anilines is 2. The molecule has 0 bridgehead atoms. The van der Waals surface area contributed by atoms with Crippen LogP contribution in [0.3, 0.4) is 0 Å².